The first kappa shape index (κ1) is 14.6. The molecule has 1 aromatic heterocycles. The maximum Gasteiger partial charge on any atom is 0.228 e. The molecule has 2 rings (SSSR count). The summed E-state index contributed by atoms with van der Waals surface area (Å²) >= 11 is 0. The molecule has 108 valence electrons. The van der Waals surface area contributed by atoms with Gasteiger partial charge in [-0.2, -0.15) is 4.98 Å². The fourth-order valence-corrected chi connectivity index (χ4v) is 2.05. The Morgan fingerprint density at radius 1 is 1.20 bits per heavy atom. The molecule has 1 heterocycles. The molecule has 0 spiro atoms. The third kappa shape index (κ3) is 3.84. The van der Waals surface area contributed by atoms with Gasteiger partial charge in [-0.3, -0.25) is 0 Å². The van der Waals surface area contributed by atoms with E-state index in [2.05, 4.69) is 24.0 Å². The summed E-state index contributed by atoms with van der Waals surface area (Å²) in [5, 5.41) is 3.73. The van der Waals surface area contributed by atoms with Crippen molar-refractivity contribution >= 4 is 0 Å². The summed E-state index contributed by atoms with van der Waals surface area (Å²) in [5.41, 5.74) is 6.20. The maximum atomic E-state index is 13.1. The second kappa shape index (κ2) is 6.09. The lowest BCUT2D eigenvalue weighted by Gasteiger charge is -2.10. The minimum absolute atomic E-state index is 0.0763. The second-order valence-corrected chi connectivity index (χ2v) is 5.26. The molecule has 0 saturated carbocycles. The van der Waals surface area contributed by atoms with E-state index >= 15 is 0 Å². The normalized spacial score (nSPS) is 12.9. The van der Waals surface area contributed by atoms with E-state index in [-0.39, 0.29) is 17.4 Å². The molecule has 2 N–H and O–H groups in total. The monoisotopic (exact) mass is 281 g/mol. The van der Waals surface area contributed by atoms with Crippen LogP contribution in [0.25, 0.3) is 11.4 Å². The van der Waals surface area contributed by atoms with Crippen molar-refractivity contribution in [1.29, 1.82) is 0 Å². The van der Waals surface area contributed by atoms with Gasteiger partial charge in [0.25, 0.3) is 0 Å². The molecule has 0 bridgehead atoms. The van der Waals surface area contributed by atoms with Gasteiger partial charge in [0.1, 0.15) is 11.6 Å². The molecular weight excluding hydrogens is 264 g/mol. The van der Waals surface area contributed by atoms with Gasteiger partial charge in [-0.25, -0.2) is 8.78 Å². The molecule has 1 aromatic carbocycles. The van der Waals surface area contributed by atoms with Crippen LogP contribution in [0.15, 0.2) is 22.7 Å². The molecular formula is C14H17F2N3O. The molecule has 1 atom stereocenters. The van der Waals surface area contributed by atoms with Crippen LogP contribution in [0.4, 0.5) is 8.78 Å². The minimum Gasteiger partial charge on any atom is -0.339 e. The highest BCUT2D eigenvalue weighted by Crippen LogP contribution is 2.19. The van der Waals surface area contributed by atoms with Gasteiger partial charge in [-0.1, -0.05) is 19.0 Å². The number of hydrogen-bond donors (Lipinski definition) is 1. The van der Waals surface area contributed by atoms with Crippen molar-refractivity contribution < 1.29 is 13.3 Å². The summed E-state index contributed by atoms with van der Waals surface area (Å²) < 4.78 is 31.3. The third-order valence-electron chi connectivity index (χ3n) is 2.80. The fourth-order valence-electron chi connectivity index (χ4n) is 2.05. The molecule has 0 radical (unpaired) electrons. The Morgan fingerprint density at radius 2 is 1.85 bits per heavy atom. The molecule has 2 aromatic rings. The SMILES string of the molecule is CC(C)CC(N)Cc1nc(-c2cc(F)cc(F)c2)no1. The van der Waals surface area contributed by atoms with Crippen molar-refractivity contribution in [1.82, 2.24) is 10.1 Å². The predicted molar refractivity (Wildman–Crippen MR) is 70.8 cm³/mol. The molecule has 20 heavy (non-hydrogen) atoms. The van der Waals surface area contributed by atoms with E-state index in [1.165, 1.54) is 0 Å². The van der Waals surface area contributed by atoms with Crippen LogP contribution in [0.3, 0.4) is 0 Å². The zero-order valence-corrected chi connectivity index (χ0v) is 11.4. The Labute approximate surface area is 116 Å². The standard InChI is InChI=1S/C14H17F2N3O/c1-8(2)3-12(17)7-13-18-14(19-20-13)9-4-10(15)6-11(16)5-9/h4-6,8,12H,3,7,17H2,1-2H3. The van der Waals surface area contributed by atoms with Crippen molar-refractivity contribution in [3.63, 3.8) is 0 Å². The van der Waals surface area contributed by atoms with Crippen LogP contribution in [0.5, 0.6) is 0 Å². The molecule has 4 nitrogen and oxygen atoms in total. The van der Waals surface area contributed by atoms with E-state index in [0.29, 0.717) is 18.2 Å². The zero-order valence-electron chi connectivity index (χ0n) is 11.4. The van der Waals surface area contributed by atoms with Gasteiger partial charge >= 0.3 is 0 Å². The van der Waals surface area contributed by atoms with Crippen molar-refractivity contribution in [2.75, 3.05) is 0 Å². The topological polar surface area (TPSA) is 64.9 Å². The summed E-state index contributed by atoms with van der Waals surface area (Å²) in [4.78, 5) is 4.12. The number of halogens is 2. The highest BCUT2D eigenvalue weighted by molar-refractivity contribution is 5.54. The molecule has 0 saturated heterocycles. The van der Waals surface area contributed by atoms with Gasteiger partial charge in [-0.05, 0) is 24.5 Å². The summed E-state index contributed by atoms with van der Waals surface area (Å²) in [6.45, 7) is 4.16. The minimum atomic E-state index is -0.678. The van der Waals surface area contributed by atoms with Crippen LogP contribution in [0.1, 0.15) is 26.2 Å². The van der Waals surface area contributed by atoms with E-state index in [0.717, 1.165) is 24.6 Å². The summed E-state index contributed by atoms with van der Waals surface area (Å²) in [7, 11) is 0. The van der Waals surface area contributed by atoms with Crippen LogP contribution in [-0.2, 0) is 6.42 Å². The number of nitrogens with two attached hydrogens (primary N) is 1. The first-order valence-electron chi connectivity index (χ1n) is 6.48. The molecule has 0 amide bonds. The molecule has 0 aliphatic carbocycles. The number of rotatable bonds is 5. The van der Waals surface area contributed by atoms with E-state index in [1.807, 2.05) is 0 Å². The predicted octanol–water partition coefficient (Wildman–Crippen LogP) is 2.93. The van der Waals surface area contributed by atoms with Crippen LogP contribution >= 0.6 is 0 Å². The van der Waals surface area contributed by atoms with Crippen LogP contribution in [0, 0.1) is 17.6 Å². The van der Waals surface area contributed by atoms with Gasteiger partial charge in [-0.15, -0.1) is 0 Å². The summed E-state index contributed by atoms with van der Waals surface area (Å²) in [6, 6.07) is 3.04. The lowest BCUT2D eigenvalue weighted by molar-refractivity contribution is 0.359. The fraction of sp³-hybridized carbons (Fsp3) is 0.429. The molecule has 0 aliphatic heterocycles. The second-order valence-electron chi connectivity index (χ2n) is 5.26. The number of nitrogens with zero attached hydrogens (tertiary/aromatic N) is 2. The van der Waals surface area contributed by atoms with Gasteiger partial charge in [0.2, 0.25) is 11.7 Å². The first-order valence-corrected chi connectivity index (χ1v) is 6.48. The molecule has 6 heteroatoms. The van der Waals surface area contributed by atoms with Crippen LogP contribution in [-0.4, -0.2) is 16.2 Å². The number of hydrogen-bond acceptors (Lipinski definition) is 4. The Morgan fingerprint density at radius 3 is 2.45 bits per heavy atom. The Hall–Kier alpha value is -1.82. The van der Waals surface area contributed by atoms with Gasteiger partial charge in [0, 0.05) is 24.1 Å². The van der Waals surface area contributed by atoms with Gasteiger partial charge in [0.15, 0.2) is 0 Å². The average Bonchev–Trinajstić information content (AvgIpc) is 2.74. The average molecular weight is 281 g/mol. The largest absolute Gasteiger partial charge is 0.339 e. The Bertz CT molecular complexity index is 563. The van der Waals surface area contributed by atoms with E-state index in [4.69, 9.17) is 10.3 Å². The Kier molecular flexibility index (Phi) is 4.44. The number of benzene rings is 1. The molecule has 1 unspecified atom stereocenters. The lowest BCUT2D eigenvalue weighted by Crippen LogP contribution is -2.24. The molecule has 0 fully saturated rings. The Balaban J connectivity index is 2.12. The zero-order chi connectivity index (χ0) is 14.7. The van der Waals surface area contributed by atoms with Gasteiger partial charge < -0.3 is 10.3 Å². The third-order valence-corrected chi connectivity index (χ3v) is 2.80. The summed E-state index contributed by atoms with van der Waals surface area (Å²) in [5.74, 6) is -0.344. The highest BCUT2D eigenvalue weighted by atomic mass is 19.1. The first-order chi connectivity index (χ1) is 9.44. The highest BCUT2D eigenvalue weighted by Gasteiger charge is 2.14. The van der Waals surface area contributed by atoms with Crippen LogP contribution in [0.2, 0.25) is 0 Å². The van der Waals surface area contributed by atoms with Crippen LogP contribution < -0.4 is 5.73 Å². The quantitative estimate of drug-likeness (QED) is 0.915. The lowest BCUT2D eigenvalue weighted by atomic mass is 10.0. The van der Waals surface area contributed by atoms with Crippen molar-refractivity contribution in [3.05, 3.63) is 35.7 Å². The van der Waals surface area contributed by atoms with Crippen molar-refractivity contribution in [2.45, 2.75) is 32.7 Å². The maximum absolute atomic E-state index is 13.1. The van der Waals surface area contributed by atoms with Gasteiger partial charge in [0.05, 0.1) is 0 Å². The summed E-state index contributed by atoms with van der Waals surface area (Å²) in [6.07, 6.45) is 1.29. The van der Waals surface area contributed by atoms with Crippen molar-refractivity contribution in [2.24, 2.45) is 11.7 Å². The smallest absolute Gasteiger partial charge is 0.228 e. The van der Waals surface area contributed by atoms with E-state index < -0.39 is 11.6 Å². The number of aromatic nitrogens is 2. The van der Waals surface area contributed by atoms with Crippen molar-refractivity contribution in [3.8, 4) is 11.4 Å². The van der Waals surface area contributed by atoms with E-state index in [9.17, 15) is 8.78 Å². The van der Waals surface area contributed by atoms with E-state index in [1.54, 1.807) is 0 Å². The molecule has 0 aliphatic rings.